The predicted molar refractivity (Wildman–Crippen MR) is 164 cm³/mol. The number of furan rings is 1. The minimum absolute atomic E-state index is 0.0661. The smallest absolute Gasteiger partial charge is 0.274 e. The molecule has 0 unspecified atom stereocenters. The van der Waals surface area contributed by atoms with Crippen LogP contribution in [0.4, 0.5) is 14.5 Å². The van der Waals surface area contributed by atoms with Crippen LogP contribution in [0, 0.1) is 11.6 Å². The predicted octanol–water partition coefficient (Wildman–Crippen LogP) is 5.04. The van der Waals surface area contributed by atoms with Crippen molar-refractivity contribution in [3.8, 4) is 33.8 Å². The minimum atomic E-state index is -3.85. The average molecular weight is 618 g/mol. The molecule has 6 rings (SSSR count). The molecule has 0 spiro atoms. The highest BCUT2D eigenvalue weighted by molar-refractivity contribution is 7.92. The van der Waals surface area contributed by atoms with E-state index in [4.69, 9.17) is 4.42 Å². The molecule has 0 atom stereocenters. The first-order chi connectivity index (χ1) is 20.9. The van der Waals surface area contributed by atoms with Crippen LogP contribution in [-0.4, -0.2) is 49.4 Å². The van der Waals surface area contributed by atoms with Gasteiger partial charge in [0.1, 0.15) is 28.7 Å². The highest BCUT2D eigenvalue weighted by atomic mass is 32.2. The van der Waals surface area contributed by atoms with Gasteiger partial charge in [0.15, 0.2) is 0 Å². The van der Waals surface area contributed by atoms with Gasteiger partial charge in [-0.2, -0.15) is 5.10 Å². The van der Waals surface area contributed by atoms with Gasteiger partial charge < -0.3 is 14.7 Å². The first-order valence-electron chi connectivity index (χ1n) is 13.3. The maximum Gasteiger partial charge on any atom is 0.274 e. The zero-order valence-corrected chi connectivity index (χ0v) is 24.7. The summed E-state index contributed by atoms with van der Waals surface area (Å²) in [6.45, 7) is 0. The molecule has 0 aliphatic carbocycles. The van der Waals surface area contributed by atoms with Crippen molar-refractivity contribution >= 4 is 43.5 Å². The fourth-order valence-electron chi connectivity index (χ4n) is 5.13. The van der Waals surface area contributed by atoms with Gasteiger partial charge in [0.2, 0.25) is 10.0 Å². The Bertz CT molecular complexity index is 2290. The Morgan fingerprint density at radius 2 is 1.75 bits per heavy atom. The Kier molecular flexibility index (Phi) is 6.84. The molecular formula is C31H25F2N5O5S. The number of nitrogens with zero attached hydrogens (tertiary/aromatic N) is 3. The normalized spacial score (nSPS) is 11.8. The Labute approximate surface area is 249 Å². The standard InChI is InChI=1S/C31H25F2N5O5S/c1-34-30(39)28-21-12-18(19-13-25(36-37(2)31(19)40)24-14-20-22(33)6-5-7-23(20)35-24)26(38(3)44(4,41)42)15-27(21)43-29(28)16-8-10-17(32)11-9-16/h5-15,35H,1-4H3,(H,34,39). The monoisotopic (exact) mass is 617 g/mol. The van der Waals surface area contributed by atoms with Crippen LogP contribution in [-0.2, 0) is 17.1 Å². The van der Waals surface area contributed by atoms with Gasteiger partial charge in [0.05, 0.1) is 28.8 Å². The molecule has 3 heterocycles. The molecule has 0 bridgehead atoms. The highest BCUT2D eigenvalue weighted by Crippen LogP contribution is 2.41. The van der Waals surface area contributed by atoms with Crippen molar-refractivity contribution in [1.29, 1.82) is 0 Å². The first kappa shape index (κ1) is 28.8. The molecule has 10 nitrogen and oxygen atoms in total. The average Bonchev–Trinajstić information content (AvgIpc) is 3.59. The SMILES string of the molecule is CNC(=O)c1c(-c2ccc(F)cc2)oc2cc(N(C)S(C)(=O)=O)c(-c3cc(-c4cc5c(F)cccc5[nH]4)nn(C)c3=O)cc12. The van der Waals surface area contributed by atoms with E-state index >= 15 is 0 Å². The number of hydrogen-bond acceptors (Lipinski definition) is 6. The van der Waals surface area contributed by atoms with Gasteiger partial charge in [-0.05, 0) is 54.6 Å². The van der Waals surface area contributed by atoms with E-state index in [9.17, 15) is 26.8 Å². The summed E-state index contributed by atoms with van der Waals surface area (Å²) in [4.78, 5) is 29.9. The number of carbonyl (C=O) groups is 1. The molecule has 0 aliphatic heterocycles. The van der Waals surface area contributed by atoms with E-state index < -0.39 is 33.1 Å². The first-order valence-corrected chi connectivity index (χ1v) is 15.1. The van der Waals surface area contributed by atoms with Crippen molar-refractivity contribution in [2.45, 2.75) is 0 Å². The summed E-state index contributed by atoms with van der Waals surface area (Å²) in [6, 6.07) is 16.0. The number of sulfonamides is 1. The van der Waals surface area contributed by atoms with Crippen molar-refractivity contribution < 1.29 is 26.4 Å². The molecule has 13 heteroatoms. The molecule has 0 saturated carbocycles. The number of carbonyl (C=O) groups excluding carboxylic acids is 1. The zero-order chi connectivity index (χ0) is 31.5. The van der Waals surface area contributed by atoms with Gasteiger partial charge >= 0.3 is 0 Å². The summed E-state index contributed by atoms with van der Waals surface area (Å²) >= 11 is 0. The van der Waals surface area contributed by atoms with E-state index in [1.165, 1.54) is 69.7 Å². The number of rotatable bonds is 6. The van der Waals surface area contributed by atoms with Gasteiger partial charge in [-0.15, -0.1) is 0 Å². The largest absolute Gasteiger partial charge is 0.455 e. The number of anilines is 1. The molecule has 1 amide bonds. The van der Waals surface area contributed by atoms with Crippen molar-refractivity contribution in [2.24, 2.45) is 7.05 Å². The summed E-state index contributed by atoms with van der Waals surface area (Å²) in [7, 11) is 0.368. The number of H-pyrrole nitrogens is 1. The molecule has 6 aromatic rings. The van der Waals surface area contributed by atoms with Crippen LogP contribution >= 0.6 is 0 Å². The number of nitrogens with one attached hydrogen (secondary N) is 2. The van der Waals surface area contributed by atoms with Gasteiger partial charge in [-0.25, -0.2) is 21.9 Å². The van der Waals surface area contributed by atoms with E-state index in [1.54, 1.807) is 18.2 Å². The number of aryl methyl sites for hydroxylation is 1. The van der Waals surface area contributed by atoms with E-state index in [2.05, 4.69) is 15.4 Å². The fourth-order valence-corrected chi connectivity index (χ4v) is 5.64. The quantitative estimate of drug-likeness (QED) is 0.269. The molecule has 0 saturated heterocycles. The molecule has 224 valence electrons. The van der Waals surface area contributed by atoms with Crippen LogP contribution in [0.25, 0.3) is 55.7 Å². The second-order valence-corrected chi connectivity index (χ2v) is 12.3. The number of aromatic nitrogens is 3. The maximum absolute atomic E-state index is 14.5. The van der Waals surface area contributed by atoms with Gasteiger partial charge in [0, 0.05) is 54.6 Å². The number of amides is 1. The third kappa shape index (κ3) is 4.80. The summed E-state index contributed by atoms with van der Waals surface area (Å²) in [5.74, 6) is -1.29. The molecular weight excluding hydrogens is 592 g/mol. The van der Waals surface area contributed by atoms with Gasteiger partial charge in [-0.1, -0.05) is 6.07 Å². The molecule has 2 N–H and O–H groups in total. The second kappa shape index (κ2) is 10.5. The topological polar surface area (TPSA) is 130 Å². The van der Waals surface area contributed by atoms with Crippen LogP contribution in [0.5, 0.6) is 0 Å². The van der Waals surface area contributed by atoms with Gasteiger partial charge in [-0.3, -0.25) is 13.9 Å². The molecule has 0 aliphatic rings. The number of aromatic amines is 1. The van der Waals surface area contributed by atoms with Crippen molar-refractivity contribution in [2.75, 3.05) is 24.7 Å². The van der Waals surface area contributed by atoms with E-state index in [0.29, 0.717) is 22.2 Å². The number of hydrogen-bond donors (Lipinski definition) is 2. The highest BCUT2D eigenvalue weighted by Gasteiger charge is 2.27. The van der Waals surface area contributed by atoms with Crippen LogP contribution in [0.15, 0.2) is 75.9 Å². The minimum Gasteiger partial charge on any atom is -0.455 e. The Hall–Kier alpha value is -5.30. The molecule has 3 aromatic heterocycles. The molecule has 3 aromatic carbocycles. The third-order valence-electron chi connectivity index (χ3n) is 7.44. The van der Waals surface area contributed by atoms with Crippen molar-refractivity contribution in [1.82, 2.24) is 20.1 Å². The Morgan fingerprint density at radius 3 is 2.41 bits per heavy atom. The number of halogens is 2. The summed E-state index contributed by atoms with van der Waals surface area (Å²) in [5, 5.41) is 7.56. The van der Waals surface area contributed by atoms with E-state index in [-0.39, 0.29) is 44.8 Å². The van der Waals surface area contributed by atoms with Crippen LogP contribution in [0.3, 0.4) is 0 Å². The van der Waals surface area contributed by atoms with E-state index in [1.807, 2.05) is 0 Å². The third-order valence-corrected chi connectivity index (χ3v) is 8.64. The lowest BCUT2D eigenvalue weighted by Gasteiger charge is -2.21. The number of fused-ring (bicyclic) bond motifs is 2. The number of benzene rings is 3. The maximum atomic E-state index is 14.5. The zero-order valence-electron chi connectivity index (χ0n) is 23.9. The lowest BCUT2D eigenvalue weighted by molar-refractivity contribution is 0.0964. The Morgan fingerprint density at radius 1 is 1.02 bits per heavy atom. The van der Waals surface area contributed by atoms with Crippen molar-refractivity contribution in [3.05, 3.63) is 94.3 Å². The molecule has 44 heavy (non-hydrogen) atoms. The molecule has 0 fully saturated rings. The lowest BCUT2D eigenvalue weighted by atomic mass is 9.98. The van der Waals surface area contributed by atoms with Gasteiger partial charge in [0.25, 0.3) is 11.5 Å². The summed E-state index contributed by atoms with van der Waals surface area (Å²) < 4.78 is 61.9. The van der Waals surface area contributed by atoms with E-state index in [0.717, 1.165) is 15.2 Å². The molecule has 0 radical (unpaired) electrons. The summed E-state index contributed by atoms with van der Waals surface area (Å²) in [5.41, 5.74) is 1.71. The summed E-state index contributed by atoms with van der Waals surface area (Å²) in [6.07, 6.45) is 1.01. The van der Waals surface area contributed by atoms with Crippen molar-refractivity contribution in [3.63, 3.8) is 0 Å². The van der Waals surface area contributed by atoms with Crippen LogP contribution in [0.1, 0.15) is 10.4 Å². The van der Waals surface area contributed by atoms with Crippen LogP contribution in [0.2, 0.25) is 0 Å². The Balaban J connectivity index is 1.67. The second-order valence-electron chi connectivity index (χ2n) is 10.2. The van der Waals surface area contributed by atoms with Crippen LogP contribution < -0.4 is 15.2 Å². The fraction of sp³-hybridized carbons (Fsp3) is 0.129. The lowest BCUT2D eigenvalue weighted by Crippen LogP contribution is -2.27.